The first kappa shape index (κ1) is 21.0. The van der Waals surface area contributed by atoms with Gasteiger partial charge in [-0.1, -0.05) is 101 Å². The second-order valence-corrected chi connectivity index (χ2v) is 7.20. The molecule has 0 aromatic heterocycles. The molecule has 3 aromatic rings. The van der Waals surface area contributed by atoms with Crippen LogP contribution in [0, 0.1) is 0 Å². The Morgan fingerprint density at radius 2 is 1.48 bits per heavy atom. The summed E-state index contributed by atoms with van der Waals surface area (Å²) in [4.78, 5) is 17.7. The van der Waals surface area contributed by atoms with Gasteiger partial charge < -0.3 is 4.74 Å². The number of esters is 1. The second-order valence-electron chi connectivity index (χ2n) is 6.64. The standard InChI is InChI=1S/C25H24BrNO2/c1-2-29-25(28)23(17-19-10-9-11-20(16-19)18-26)27-24(21-12-5-3-6-13-21)22-14-7-4-8-15-22/h3-16,23H,2,17-18H2,1H3/t23-/m0/s1. The van der Waals surface area contributed by atoms with Crippen LogP contribution in [0.3, 0.4) is 0 Å². The Morgan fingerprint density at radius 3 is 2.03 bits per heavy atom. The number of hydrogen-bond acceptors (Lipinski definition) is 3. The Morgan fingerprint density at radius 1 is 0.897 bits per heavy atom. The van der Waals surface area contributed by atoms with E-state index in [0.717, 1.165) is 27.7 Å². The van der Waals surface area contributed by atoms with Gasteiger partial charge in [-0.3, -0.25) is 4.99 Å². The van der Waals surface area contributed by atoms with Gasteiger partial charge in [0.1, 0.15) is 0 Å². The molecular formula is C25H24BrNO2. The number of benzene rings is 3. The van der Waals surface area contributed by atoms with Crippen LogP contribution in [0.25, 0.3) is 0 Å². The van der Waals surface area contributed by atoms with Crippen LogP contribution in [0.5, 0.6) is 0 Å². The average Bonchev–Trinajstić information content (AvgIpc) is 2.78. The minimum Gasteiger partial charge on any atom is -0.464 e. The van der Waals surface area contributed by atoms with Crippen LogP contribution in [0.1, 0.15) is 29.2 Å². The highest BCUT2D eigenvalue weighted by Crippen LogP contribution is 2.17. The molecule has 148 valence electrons. The van der Waals surface area contributed by atoms with Crippen LogP contribution in [-0.2, 0) is 21.3 Å². The van der Waals surface area contributed by atoms with Gasteiger partial charge in [-0.2, -0.15) is 0 Å². The van der Waals surface area contributed by atoms with Gasteiger partial charge in [0.2, 0.25) is 0 Å². The van der Waals surface area contributed by atoms with Crippen molar-refractivity contribution in [2.24, 2.45) is 4.99 Å². The van der Waals surface area contributed by atoms with Crippen molar-refractivity contribution in [3.63, 3.8) is 0 Å². The first-order valence-electron chi connectivity index (χ1n) is 9.70. The number of hydrogen-bond donors (Lipinski definition) is 0. The monoisotopic (exact) mass is 449 g/mol. The lowest BCUT2D eigenvalue weighted by molar-refractivity contribution is -0.144. The summed E-state index contributed by atoms with van der Waals surface area (Å²) in [5.74, 6) is -0.305. The molecule has 3 rings (SSSR count). The van der Waals surface area contributed by atoms with Crippen molar-refractivity contribution >= 4 is 27.6 Å². The molecular weight excluding hydrogens is 426 g/mol. The van der Waals surface area contributed by atoms with E-state index in [-0.39, 0.29) is 5.97 Å². The van der Waals surface area contributed by atoms with Crippen LogP contribution >= 0.6 is 15.9 Å². The van der Waals surface area contributed by atoms with E-state index in [0.29, 0.717) is 13.0 Å². The molecule has 0 aliphatic heterocycles. The summed E-state index contributed by atoms with van der Waals surface area (Å²) in [6.07, 6.45) is 0.489. The molecule has 4 heteroatoms. The molecule has 0 N–H and O–H groups in total. The highest BCUT2D eigenvalue weighted by molar-refractivity contribution is 9.08. The van der Waals surface area contributed by atoms with Gasteiger partial charge >= 0.3 is 5.97 Å². The average molecular weight is 450 g/mol. The van der Waals surface area contributed by atoms with Crippen molar-refractivity contribution in [3.8, 4) is 0 Å². The molecule has 3 nitrogen and oxygen atoms in total. The minimum absolute atomic E-state index is 0.305. The minimum atomic E-state index is -0.615. The summed E-state index contributed by atoms with van der Waals surface area (Å²) in [6, 6.07) is 27.5. The summed E-state index contributed by atoms with van der Waals surface area (Å²) in [5.41, 5.74) is 4.97. The number of aliphatic imine (C=N–C) groups is 1. The number of ether oxygens (including phenoxy) is 1. The molecule has 1 atom stereocenters. The fraction of sp³-hybridized carbons (Fsp3) is 0.200. The van der Waals surface area contributed by atoms with E-state index in [4.69, 9.17) is 9.73 Å². The number of carbonyl (C=O) groups is 1. The van der Waals surface area contributed by atoms with Gasteiger partial charge in [0, 0.05) is 22.9 Å². The predicted octanol–water partition coefficient (Wildman–Crippen LogP) is 5.59. The van der Waals surface area contributed by atoms with E-state index in [1.165, 1.54) is 5.56 Å². The highest BCUT2D eigenvalue weighted by atomic mass is 79.9. The van der Waals surface area contributed by atoms with Crippen molar-refractivity contribution in [3.05, 3.63) is 107 Å². The zero-order valence-electron chi connectivity index (χ0n) is 16.4. The third-order valence-corrected chi connectivity index (χ3v) is 5.16. The normalized spacial score (nSPS) is 11.5. The fourth-order valence-corrected chi connectivity index (χ4v) is 3.50. The summed E-state index contributed by atoms with van der Waals surface area (Å²) >= 11 is 3.49. The fourth-order valence-electron chi connectivity index (χ4n) is 3.15. The molecule has 3 aromatic carbocycles. The number of alkyl halides is 1. The molecule has 0 bridgehead atoms. The van der Waals surface area contributed by atoms with Crippen LogP contribution in [0.15, 0.2) is 89.9 Å². The van der Waals surface area contributed by atoms with Gasteiger partial charge in [0.05, 0.1) is 12.3 Å². The van der Waals surface area contributed by atoms with Crippen LogP contribution in [-0.4, -0.2) is 24.3 Å². The molecule has 0 aliphatic rings. The lowest BCUT2D eigenvalue weighted by Gasteiger charge is -2.16. The van der Waals surface area contributed by atoms with Crippen molar-refractivity contribution in [2.75, 3.05) is 6.61 Å². The Bertz CT molecular complexity index is 913. The van der Waals surface area contributed by atoms with E-state index in [1.807, 2.05) is 79.7 Å². The largest absolute Gasteiger partial charge is 0.464 e. The molecule has 0 fully saturated rings. The Labute approximate surface area is 180 Å². The van der Waals surface area contributed by atoms with Crippen LogP contribution in [0.2, 0.25) is 0 Å². The van der Waals surface area contributed by atoms with Crippen molar-refractivity contribution < 1.29 is 9.53 Å². The molecule has 0 aliphatic carbocycles. The molecule has 0 heterocycles. The van der Waals surface area contributed by atoms with Crippen LogP contribution < -0.4 is 0 Å². The van der Waals surface area contributed by atoms with Crippen molar-refractivity contribution in [1.29, 1.82) is 0 Å². The maximum absolute atomic E-state index is 12.8. The zero-order valence-corrected chi connectivity index (χ0v) is 18.0. The van der Waals surface area contributed by atoms with E-state index in [1.54, 1.807) is 0 Å². The van der Waals surface area contributed by atoms with E-state index < -0.39 is 6.04 Å². The third kappa shape index (κ3) is 5.88. The number of rotatable bonds is 8. The van der Waals surface area contributed by atoms with Gasteiger partial charge in [-0.15, -0.1) is 0 Å². The summed E-state index contributed by atoms with van der Waals surface area (Å²) in [5, 5.41) is 0.771. The highest BCUT2D eigenvalue weighted by Gasteiger charge is 2.21. The molecule has 0 saturated heterocycles. The van der Waals surface area contributed by atoms with Gasteiger partial charge in [0.15, 0.2) is 6.04 Å². The first-order valence-corrected chi connectivity index (χ1v) is 10.8. The summed E-state index contributed by atoms with van der Waals surface area (Å²) in [7, 11) is 0. The molecule has 29 heavy (non-hydrogen) atoms. The van der Waals surface area contributed by atoms with Crippen molar-refractivity contribution in [2.45, 2.75) is 24.7 Å². The SMILES string of the molecule is CCOC(=O)[C@H](Cc1cccc(CBr)c1)N=C(c1ccccc1)c1ccccc1. The topological polar surface area (TPSA) is 38.7 Å². The summed E-state index contributed by atoms with van der Waals surface area (Å²) < 4.78 is 5.35. The zero-order chi connectivity index (χ0) is 20.5. The van der Waals surface area contributed by atoms with E-state index in [2.05, 4.69) is 28.1 Å². The second kappa shape index (κ2) is 10.7. The Hall–Kier alpha value is -2.72. The smallest absolute Gasteiger partial charge is 0.331 e. The lowest BCUT2D eigenvalue weighted by Crippen LogP contribution is -2.26. The molecule has 0 radical (unpaired) electrons. The summed E-state index contributed by atoms with van der Waals surface area (Å²) in [6.45, 7) is 2.15. The van der Waals surface area contributed by atoms with Gasteiger partial charge in [0.25, 0.3) is 0 Å². The van der Waals surface area contributed by atoms with Gasteiger partial charge in [-0.25, -0.2) is 4.79 Å². The first-order chi connectivity index (χ1) is 14.2. The molecule has 0 saturated carbocycles. The van der Waals surface area contributed by atoms with Gasteiger partial charge in [-0.05, 0) is 18.1 Å². The third-order valence-electron chi connectivity index (χ3n) is 4.51. The van der Waals surface area contributed by atoms with Crippen LogP contribution in [0.4, 0.5) is 0 Å². The number of halogens is 1. The maximum atomic E-state index is 12.8. The Balaban J connectivity index is 2.03. The maximum Gasteiger partial charge on any atom is 0.331 e. The lowest BCUT2D eigenvalue weighted by atomic mass is 10.00. The Kier molecular flexibility index (Phi) is 7.77. The molecule has 0 amide bonds. The molecule has 0 unspecified atom stereocenters. The number of nitrogens with zero attached hydrogens (tertiary/aromatic N) is 1. The molecule has 0 spiro atoms. The van der Waals surface area contributed by atoms with Crippen molar-refractivity contribution in [1.82, 2.24) is 0 Å². The number of carbonyl (C=O) groups excluding carboxylic acids is 1. The quantitative estimate of drug-likeness (QED) is 0.255. The van der Waals surface area contributed by atoms with E-state index >= 15 is 0 Å². The van der Waals surface area contributed by atoms with E-state index in [9.17, 15) is 4.79 Å². The predicted molar refractivity (Wildman–Crippen MR) is 122 cm³/mol.